The van der Waals surface area contributed by atoms with Crippen molar-refractivity contribution in [2.75, 3.05) is 0 Å². The van der Waals surface area contributed by atoms with Crippen LogP contribution in [0, 0.1) is 0 Å². The second-order valence-corrected chi connectivity index (χ2v) is 4.97. The lowest BCUT2D eigenvalue weighted by Crippen LogP contribution is -2.13. The molecule has 4 rings (SSSR count). The van der Waals surface area contributed by atoms with E-state index in [-0.39, 0.29) is 5.56 Å². The first-order valence-corrected chi connectivity index (χ1v) is 6.79. The molecule has 0 fully saturated rings. The van der Waals surface area contributed by atoms with Gasteiger partial charge in [0.2, 0.25) is 0 Å². The van der Waals surface area contributed by atoms with E-state index < -0.39 is 0 Å². The van der Waals surface area contributed by atoms with Crippen molar-refractivity contribution < 1.29 is 0 Å². The van der Waals surface area contributed by atoms with Crippen molar-refractivity contribution in [3.8, 4) is 11.3 Å². The number of aromatic nitrogens is 2. The summed E-state index contributed by atoms with van der Waals surface area (Å²) in [6, 6.07) is 21.4. The van der Waals surface area contributed by atoms with Crippen LogP contribution in [-0.2, 0) is 0 Å². The van der Waals surface area contributed by atoms with Crippen LogP contribution < -0.4 is 5.56 Å². The molecule has 0 N–H and O–H groups in total. The van der Waals surface area contributed by atoms with Crippen LogP contribution in [0.3, 0.4) is 0 Å². The SMILES string of the molecule is O=c1cc(-c2ccc3ccccc3c2)nc2ccccn12. The van der Waals surface area contributed by atoms with E-state index in [2.05, 4.69) is 29.2 Å². The largest absolute Gasteiger partial charge is 0.269 e. The monoisotopic (exact) mass is 272 g/mol. The first-order chi connectivity index (χ1) is 10.3. The van der Waals surface area contributed by atoms with Crippen molar-refractivity contribution in [1.82, 2.24) is 9.38 Å². The van der Waals surface area contributed by atoms with Gasteiger partial charge in [-0.2, -0.15) is 0 Å². The molecule has 0 amide bonds. The molecule has 0 aliphatic rings. The molecule has 0 aliphatic carbocycles. The van der Waals surface area contributed by atoms with Crippen LogP contribution in [0.15, 0.2) is 77.7 Å². The summed E-state index contributed by atoms with van der Waals surface area (Å²) in [5, 5.41) is 2.32. The Morgan fingerprint density at radius 3 is 2.52 bits per heavy atom. The fourth-order valence-electron chi connectivity index (χ4n) is 2.55. The van der Waals surface area contributed by atoms with Crippen LogP contribution in [-0.4, -0.2) is 9.38 Å². The third-order valence-corrected chi connectivity index (χ3v) is 3.62. The molecule has 3 heteroatoms. The van der Waals surface area contributed by atoms with E-state index in [1.807, 2.05) is 36.4 Å². The van der Waals surface area contributed by atoms with Gasteiger partial charge in [-0.05, 0) is 29.0 Å². The summed E-state index contributed by atoms with van der Waals surface area (Å²) >= 11 is 0. The predicted molar refractivity (Wildman–Crippen MR) is 84.4 cm³/mol. The number of fused-ring (bicyclic) bond motifs is 2. The third-order valence-electron chi connectivity index (χ3n) is 3.62. The Hall–Kier alpha value is -2.94. The van der Waals surface area contributed by atoms with Crippen molar-refractivity contribution >= 4 is 16.4 Å². The molecule has 2 aromatic carbocycles. The van der Waals surface area contributed by atoms with Gasteiger partial charge in [0.05, 0.1) is 5.69 Å². The molecule has 4 aromatic rings. The fourth-order valence-corrected chi connectivity index (χ4v) is 2.55. The highest BCUT2D eigenvalue weighted by molar-refractivity contribution is 5.86. The summed E-state index contributed by atoms with van der Waals surface area (Å²) in [7, 11) is 0. The van der Waals surface area contributed by atoms with Crippen LogP contribution in [0.4, 0.5) is 0 Å². The molecule has 2 aromatic heterocycles. The molecule has 21 heavy (non-hydrogen) atoms. The smallest absolute Gasteiger partial charge is 0.258 e. The van der Waals surface area contributed by atoms with E-state index >= 15 is 0 Å². The second kappa shape index (κ2) is 4.56. The molecule has 0 radical (unpaired) electrons. The van der Waals surface area contributed by atoms with Gasteiger partial charge in [0.1, 0.15) is 5.65 Å². The maximum Gasteiger partial charge on any atom is 0.258 e. The summed E-state index contributed by atoms with van der Waals surface area (Å²) in [6.07, 6.45) is 1.73. The van der Waals surface area contributed by atoms with Crippen molar-refractivity contribution in [2.24, 2.45) is 0 Å². The molecule has 0 atom stereocenters. The van der Waals surface area contributed by atoms with Gasteiger partial charge in [0.15, 0.2) is 0 Å². The van der Waals surface area contributed by atoms with E-state index in [1.54, 1.807) is 16.7 Å². The first kappa shape index (κ1) is 11.9. The van der Waals surface area contributed by atoms with Crippen molar-refractivity contribution in [3.63, 3.8) is 0 Å². The average molecular weight is 272 g/mol. The Labute approximate surface area is 121 Å². The highest BCUT2D eigenvalue weighted by atomic mass is 16.1. The van der Waals surface area contributed by atoms with Gasteiger partial charge in [-0.3, -0.25) is 9.20 Å². The Morgan fingerprint density at radius 1 is 0.810 bits per heavy atom. The van der Waals surface area contributed by atoms with Crippen LogP contribution in [0.5, 0.6) is 0 Å². The second-order valence-electron chi connectivity index (χ2n) is 4.97. The number of rotatable bonds is 1. The van der Waals surface area contributed by atoms with Crippen LogP contribution >= 0.6 is 0 Å². The van der Waals surface area contributed by atoms with Crippen molar-refractivity contribution in [2.45, 2.75) is 0 Å². The Balaban J connectivity index is 1.97. The highest BCUT2D eigenvalue weighted by Gasteiger charge is 2.05. The summed E-state index contributed by atoms with van der Waals surface area (Å²) in [5.41, 5.74) is 2.26. The summed E-state index contributed by atoms with van der Waals surface area (Å²) in [6.45, 7) is 0. The molecule has 3 nitrogen and oxygen atoms in total. The van der Waals surface area contributed by atoms with E-state index in [4.69, 9.17) is 0 Å². The van der Waals surface area contributed by atoms with E-state index in [0.717, 1.165) is 10.9 Å². The minimum Gasteiger partial charge on any atom is -0.269 e. The van der Waals surface area contributed by atoms with Gasteiger partial charge >= 0.3 is 0 Å². The fraction of sp³-hybridized carbons (Fsp3) is 0. The van der Waals surface area contributed by atoms with Crippen LogP contribution in [0.1, 0.15) is 0 Å². The minimum absolute atomic E-state index is 0.0660. The zero-order valence-corrected chi connectivity index (χ0v) is 11.2. The number of benzene rings is 2. The molecule has 2 heterocycles. The molecular weight excluding hydrogens is 260 g/mol. The zero-order chi connectivity index (χ0) is 14.2. The quantitative estimate of drug-likeness (QED) is 0.531. The maximum atomic E-state index is 12.2. The number of nitrogens with zero attached hydrogens (tertiary/aromatic N) is 2. The topological polar surface area (TPSA) is 34.4 Å². The standard InChI is InChI=1S/C18H12N2O/c21-18-12-16(19-17-7-3-4-10-20(17)18)15-9-8-13-5-1-2-6-14(13)11-15/h1-12H. The van der Waals surface area contributed by atoms with Gasteiger partial charge in [-0.25, -0.2) is 4.98 Å². The third kappa shape index (κ3) is 1.99. The van der Waals surface area contributed by atoms with E-state index in [0.29, 0.717) is 11.3 Å². The van der Waals surface area contributed by atoms with Crippen molar-refractivity contribution in [3.05, 3.63) is 83.3 Å². The zero-order valence-electron chi connectivity index (χ0n) is 11.2. The molecule has 0 aliphatic heterocycles. The Morgan fingerprint density at radius 2 is 1.62 bits per heavy atom. The van der Waals surface area contributed by atoms with E-state index in [1.165, 1.54) is 5.39 Å². The van der Waals surface area contributed by atoms with Gasteiger partial charge in [0.25, 0.3) is 5.56 Å². The Bertz CT molecular complexity index is 1020. The predicted octanol–water partition coefficient (Wildman–Crippen LogP) is 3.51. The minimum atomic E-state index is -0.0660. The molecule has 0 saturated heterocycles. The van der Waals surface area contributed by atoms with Gasteiger partial charge in [0, 0.05) is 17.8 Å². The lowest BCUT2D eigenvalue weighted by atomic mass is 10.1. The van der Waals surface area contributed by atoms with Crippen molar-refractivity contribution in [1.29, 1.82) is 0 Å². The summed E-state index contributed by atoms with van der Waals surface area (Å²) in [5.74, 6) is 0. The lowest BCUT2D eigenvalue weighted by Gasteiger charge is -2.05. The number of pyridine rings is 1. The summed E-state index contributed by atoms with van der Waals surface area (Å²) < 4.78 is 1.55. The van der Waals surface area contributed by atoms with Crippen LogP contribution in [0.2, 0.25) is 0 Å². The molecule has 0 saturated carbocycles. The van der Waals surface area contributed by atoms with Gasteiger partial charge < -0.3 is 0 Å². The number of hydrogen-bond acceptors (Lipinski definition) is 2. The first-order valence-electron chi connectivity index (χ1n) is 6.79. The highest BCUT2D eigenvalue weighted by Crippen LogP contribution is 2.22. The maximum absolute atomic E-state index is 12.2. The molecular formula is C18H12N2O. The molecule has 100 valence electrons. The lowest BCUT2D eigenvalue weighted by molar-refractivity contribution is 1.05. The summed E-state index contributed by atoms with van der Waals surface area (Å²) in [4.78, 5) is 16.7. The molecule has 0 spiro atoms. The average Bonchev–Trinajstić information content (AvgIpc) is 2.54. The van der Waals surface area contributed by atoms with Gasteiger partial charge in [-0.15, -0.1) is 0 Å². The Kier molecular flexibility index (Phi) is 2.57. The van der Waals surface area contributed by atoms with Gasteiger partial charge in [-0.1, -0.05) is 42.5 Å². The molecule has 0 bridgehead atoms. The van der Waals surface area contributed by atoms with Crippen LogP contribution in [0.25, 0.3) is 27.7 Å². The van der Waals surface area contributed by atoms with E-state index in [9.17, 15) is 4.79 Å². The normalized spacial score (nSPS) is 11.0. The molecule has 0 unspecified atom stereocenters. The number of hydrogen-bond donors (Lipinski definition) is 0.